The van der Waals surface area contributed by atoms with Crippen LogP contribution in [0.2, 0.25) is 0 Å². The zero-order valence-corrected chi connectivity index (χ0v) is 12.6. The molecule has 7 heteroatoms. The number of anilines is 2. The zero-order valence-electron chi connectivity index (χ0n) is 10.9. The fraction of sp³-hybridized carbons (Fsp3) is 0.583. The van der Waals surface area contributed by atoms with E-state index < -0.39 is 0 Å². The lowest BCUT2D eigenvalue weighted by molar-refractivity contribution is 0.726. The first-order valence-electron chi connectivity index (χ1n) is 6.59. The summed E-state index contributed by atoms with van der Waals surface area (Å²) in [6.45, 7) is 2.26. The van der Waals surface area contributed by atoms with Crippen LogP contribution in [0.1, 0.15) is 25.7 Å². The van der Waals surface area contributed by atoms with Crippen molar-refractivity contribution in [3.8, 4) is 9.88 Å². The van der Waals surface area contributed by atoms with Crippen molar-refractivity contribution in [1.82, 2.24) is 15.2 Å². The number of thiazole rings is 1. The Labute approximate surface area is 120 Å². The number of rotatable bonds is 3. The van der Waals surface area contributed by atoms with Gasteiger partial charge < -0.3 is 10.2 Å². The largest absolute Gasteiger partial charge is 0.363 e. The molecule has 0 amide bonds. The van der Waals surface area contributed by atoms with Gasteiger partial charge in [-0.3, -0.25) is 0 Å². The van der Waals surface area contributed by atoms with Gasteiger partial charge in [-0.1, -0.05) is 35.5 Å². The van der Waals surface area contributed by atoms with Gasteiger partial charge in [0, 0.05) is 20.1 Å². The molecular weight excluding hydrogens is 278 g/mol. The third kappa shape index (κ3) is 2.87. The van der Waals surface area contributed by atoms with Crippen LogP contribution in [0.25, 0.3) is 9.88 Å². The number of aromatic nitrogens is 3. The van der Waals surface area contributed by atoms with E-state index in [1.807, 2.05) is 13.2 Å². The highest BCUT2D eigenvalue weighted by molar-refractivity contribution is 7.25. The van der Waals surface area contributed by atoms with Gasteiger partial charge in [-0.25, -0.2) is 4.98 Å². The molecule has 0 unspecified atom stereocenters. The Morgan fingerprint density at radius 2 is 1.89 bits per heavy atom. The van der Waals surface area contributed by atoms with E-state index in [2.05, 4.69) is 25.4 Å². The van der Waals surface area contributed by atoms with Crippen molar-refractivity contribution in [2.24, 2.45) is 0 Å². The highest BCUT2D eigenvalue weighted by Gasteiger charge is 2.15. The van der Waals surface area contributed by atoms with Crippen molar-refractivity contribution in [3.05, 3.63) is 6.20 Å². The Morgan fingerprint density at radius 3 is 2.58 bits per heavy atom. The molecule has 3 rings (SSSR count). The molecule has 1 aliphatic heterocycles. The Balaban J connectivity index is 1.78. The van der Waals surface area contributed by atoms with E-state index in [-0.39, 0.29) is 0 Å². The number of nitrogens with one attached hydrogen (secondary N) is 1. The quantitative estimate of drug-likeness (QED) is 0.943. The second-order valence-electron chi connectivity index (χ2n) is 4.57. The van der Waals surface area contributed by atoms with E-state index in [0.717, 1.165) is 33.2 Å². The second-order valence-corrected chi connectivity index (χ2v) is 6.56. The standard InChI is InChI=1S/C12H17N5S2/c1-13-11-16-15-10(19-11)9-8-14-12(18-9)17-6-4-2-3-5-7-17/h8H,2-7H2,1H3,(H,13,16). The van der Waals surface area contributed by atoms with E-state index in [1.54, 1.807) is 22.7 Å². The van der Waals surface area contributed by atoms with Crippen molar-refractivity contribution in [3.63, 3.8) is 0 Å². The molecule has 0 aliphatic carbocycles. The first-order valence-corrected chi connectivity index (χ1v) is 8.22. The van der Waals surface area contributed by atoms with Crippen LogP contribution in [0, 0.1) is 0 Å². The van der Waals surface area contributed by atoms with Crippen LogP contribution < -0.4 is 10.2 Å². The first kappa shape index (κ1) is 12.8. The average Bonchev–Trinajstić information content (AvgIpc) is 3.02. The maximum absolute atomic E-state index is 4.56. The molecule has 0 bridgehead atoms. The summed E-state index contributed by atoms with van der Waals surface area (Å²) in [5, 5.41) is 14.2. The topological polar surface area (TPSA) is 53.9 Å². The molecular formula is C12H17N5S2. The van der Waals surface area contributed by atoms with Gasteiger partial charge in [-0.15, -0.1) is 10.2 Å². The molecule has 19 heavy (non-hydrogen) atoms. The molecule has 5 nitrogen and oxygen atoms in total. The lowest BCUT2D eigenvalue weighted by Crippen LogP contribution is -2.23. The zero-order chi connectivity index (χ0) is 13.1. The maximum atomic E-state index is 4.56. The minimum Gasteiger partial charge on any atom is -0.363 e. The molecule has 2 aromatic rings. The van der Waals surface area contributed by atoms with E-state index in [0.29, 0.717) is 0 Å². The van der Waals surface area contributed by atoms with Crippen LogP contribution in [-0.2, 0) is 0 Å². The predicted molar refractivity (Wildman–Crippen MR) is 81.2 cm³/mol. The lowest BCUT2D eigenvalue weighted by atomic mass is 10.2. The van der Waals surface area contributed by atoms with Gasteiger partial charge in [-0.05, 0) is 12.8 Å². The van der Waals surface area contributed by atoms with Crippen LogP contribution in [0.3, 0.4) is 0 Å². The maximum Gasteiger partial charge on any atom is 0.205 e. The summed E-state index contributed by atoms with van der Waals surface area (Å²) in [6.07, 6.45) is 7.16. The highest BCUT2D eigenvalue weighted by Crippen LogP contribution is 2.34. The van der Waals surface area contributed by atoms with Crippen molar-refractivity contribution in [1.29, 1.82) is 0 Å². The molecule has 3 heterocycles. The van der Waals surface area contributed by atoms with E-state index >= 15 is 0 Å². The predicted octanol–water partition coefficient (Wildman–Crippen LogP) is 3.08. The van der Waals surface area contributed by atoms with Crippen LogP contribution in [0.4, 0.5) is 10.3 Å². The molecule has 102 valence electrons. The summed E-state index contributed by atoms with van der Waals surface area (Å²) in [6, 6.07) is 0. The lowest BCUT2D eigenvalue weighted by Gasteiger charge is -2.18. The van der Waals surface area contributed by atoms with Crippen LogP contribution in [0.5, 0.6) is 0 Å². The van der Waals surface area contributed by atoms with Gasteiger partial charge in [0.1, 0.15) is 0 Å². The summed E-state index contributed by atoms with van der Waals surface area (Å²) in [5.41, 5.74) is 0. The van der Waals surface area contributed by atoms with Gasteiger partial charge in [0.25, 0.3) is 0 Å². The van der Waals surface area contributed by atoms with Crippen molar-refractivity contribution >= 4 is 32.9 Å². The van der Waals surface area contributed by atoms with E-state index in [9.17, 15) is 0 Å². The fourth-order valence-corrected chi connectivity index (χ4v) is 3.89. The Kier molecular flexibility index (Phi) is 3.93. The van der Waals surface area contributed by atoms with Crippen molar-refractivity contribution in [2.45, 2.75) is 25.7 Å². The summed E-state index contributed by atoms with van der Waals surface area (Å²) in [5.74, 6) is 0. The molecule has 1 fully saturated rings. The third-order valence-electron chi connectivity index (χ3n) is 3.22. The molecule has 0 atom stereocenters. The Bertz CT molecular complexity index is 528. The fourth-order valence-electron chi connectivity index (χ4n) is 2.20. The first-order chi connectivity index (χ1) is 9.36. The minimum absolute atomic E-state index is 0.847. The summed E-state index contributed by atoms with van der Waals surface area (Å²) in [4.78, 5) is 8.07. The third-order valence-corrected chi connectivity index (χ3v) is 5.39. The summed E-state index contributed by atoms with van der Waals surface area (Å²) in [7, 11) is 1.86. The van der Waals surface area contributed by atoms with Crippen molar-refractivity contribution in [2.75, 3.05) is 30.4 Å². The Morgan fingerprint density at radius 1 is 1.11 bits per heavy atom. The van der Waals surface area contributed by atoms with Crippen molar-refractivity contribution < 1.29 is 0 Å². The monoisotopic (exact) mass is 295 g/mol. The van der Waals surface area contributed by atoms with Gasteiger partial charge in [0.15, 0.2) is 10.1 Å². The van der Waals surface area contributed by atoms with Gasteiger partial charge in [0.2, 0.25) is 5.13 Å². The van der Waals surface area contributed by atoms with E-state index in [4.69, 9.17) is 0 Å². The normalized spacial score (nSPS) is 16.4. The molecule has 0 saturated carbocycles. The smallest absolute Gasteiger partial charge is 0.205 e. The van der Waals surface area contributed by atoms with Crippen LogP contribution in [-0.4, -0.2) is 35.3 Å². The molecule has 1 aliphatic rings. The SMILES string of the molecule is CNc1nnc(-c2cnc(N3CCCCCC3)s2)s1. The second kappa shape index (κ2) is 5.83. The molecule has 0 aromatic carbocycles. The molecule has 1 saturated heterocycles. The van der Waals surface area contributed by atoms with Gasteiger partial charge in [-0.2, -0.15) is 0 Å². The molecule has 1 N–H and O–H groups in total. The molecule has 2 aromatic heterocycles. The van der Waals surface area contributed by atoms with E-state index in [1.165, 1.54) is 25.7 Å². The number of nitrogens with zero attached hydrogens (tertiary/aromatic N) is 4. The minimum atomic E-state index is 0.847. The Hall–Kier alpha value is -1.21. The average molecular weight is 295 g/mol. The number of hydrogen-bond acceptors (Lipinski definition) is 7. The van der Waals surface area contributed by atoms with Crippen LogP contribution >= 0.6 is 22.7 Å². The summed E-state index contributed by atoms with van der Waals surface area (Å²) < 4.78 is 0. The summed E-state index contributed by atoms with van der Waals surface area (Å²) >= 11 is 3.29. The van der Waals surface area contributed by atoms with Gasteiger partial charge >= 0.3 is 0 Å². The molecule has 0 radical (unpaired) electrons. The number of hydrogen-bond donors (Lipinski definition) is 1. The highest BCUT2D eigenvalue weighted by atomic mass is 32.1. The van der Waals surface area contributed by atoms with Gasteiger partial charge in [0.05, 0.1) is 11.1 Å². The molecule has 0 spiro atoms. The van der Waals surface area contributed by atoms with Crippen LogP contribution in [0.15, 0.2) is 6.20 Å².